The van der Waals surface area contributed by atoms with Crippen LogP contribution in [-0.2, 0) is 11.2 Å². The molecule has 0 saturated carbocycles. The van der Waals surface area contributed by atoms with E-state index >= 15 is 0 Å². The zero-order chi connectivity index (χ0) is 14.0. The summed E-state index contributed by atoms with van der Waals surface area (Å²) in [4.78, 5) is 19.0. The number of ketones is 1. The number of hydrogen-bond donors (Lipinski definition) is 1. The van der Waals surface area contributed by atoms with E-state index in [9.17, 15) is 4.79 Å². The van der Waals surface area contributed by atoms with Crippen LogP contribution in [-0.4, -0.2) is 15.8 Å². The van der Waals surface area contributed by atoms with Crippen molar-refractivity contribution in [2.45, 2.75) is 40.5 Å². The third-order valence-corrected chi connectivity index (χ3v) is 3.30. The van der Waals surface area contributed by atoms with E-state index in [1.54, 1.807) is 6.92 Å². The zero-order valence-electron chi connectivity index (χ0n) is 12.0. The highest BCUT2D eigenvalue weighted by Crippen LogP contribution is 2.26. The minimum Gasteiger partial charge on any atom is -0.346 e. The fourth-order valence-electron chi connectivity index (χ4n) is 2.19. The molecule has 0 aliphatic rings. The van der Waals surface area contributed by atoms with Crippen LogP contribution >= 0.6 is 0 Å². The van der Waals surface area contributed by atoms with Crippen LogP contribution in [0.25, 0.3) is 11.3 Å². The summed E-state index contributed by atoms with van der Waals surface area (Å²) in [5, 5.41) is 0. The summed E-state index contributed by atoms with van der Waals surface area (Å²) >= 11 is 0. The van der Waals surface area contributed by atoms with Gasteiger partial charge in [0.1, 0.15) is 11.6 Å². The van der Waals surface area contributed by atoms with E-state index in [-0.39, 0.29) is 5.78 Å². The lowest BCUT2D eigenvalue weighted by molar-refractivity contribution is -0.117. The number of hydrogen-bond acceptors (Lipinski definition) is 2. The minimum absolute atomic E-state index is 0.197. The highest BCUT2D eigenvalue weighted by molar-refractivity contribution is 5.75. The molecule has 19 heavy (non-hydrogen) atoms. The maximum Gasteiger partial charge on any atom is 0.130 e. The number of rotatable bonds is 4. The smallest absolute Gasteiger partial charge is 0.130 e. The molecule has 2 rings (SSSR count). The van der Waals surface area contributed by atoms with Gasteiger partial charge in [0.05, 0.1) is 5.69 Å². The van der Waals surface area contributed by atoms with Crippen LogP contribution in [0, 0.1) is 20.8 Å². The van der Waals surface area contributed by atoms with Crippen LogP contribution in [0.3, 0.4) is 0 Å². The maximum atomic E-state index is 11.0. The number of nitrogens with one attached hydrogen (secondary N) is 1. The molecular formula is C16H20N2O. The largest absolute Gasteiger partial charge is 0.346 e. The highest BCUT2D eigenvalue weighted by Gasteiger charge is 2.11. The first-order chi connectivity index (χ1) is 8.97. The van der Waals surface area contributed by atoms with Crippen LogP contribution in [0.4, 0.5) is 0 Å². The fraction of sp³-hybridized carbons (Fsp3) is 0.375. The normalized spacial score (nSPS) is 10.7. The quantitative estimate of drug-likeness (QED) is 0.909. The van der Waals surface area contributed by atoms with Gasteiger partial charge in [0.15, 0.2) is 0 Å². The number of nitrogens with zero attached hydrogens (tertiary/aromatic N) is 1. The molecule has 3 nitrogen and oxygen atoms in total. The third-order valence-electron chi connectivity index (χ3n) is 3.30. The Morgan fingerprint density at radius 3 is 2.68 bits per heavy atom. The van der Waals surface area contributed by atoms with Gasteiger partial charge in [0.25, 0.3) is 0 Å². The molecule has 1 aromatic heterocycles. The predicted octanol–water partition coefficient (Wildman–Crippen LogP) is 3.52. The summed E-state index contributed by atoms with van der Waals surface area (Å²) in [5.74, 6) is 1.09. The number of aryl methyl sites for hydroxylation is 4. The first-order valence-corrected chi connectivity index (χ1v) is 6.60. The van der Waals surface area contributed by atoms with Gasteiger partial charge in [0, 0.05) is 24.1 Å². The number of imidazole rings is 1. The average Bonchev–Trinajstić information content (AvgIpc) is 2.71. The van der Waals surface area contributed by atoms with Crippen molar-refractivity contribution in [3.63, 3.8) is 0 Å². The maximum absolute atomic E-state index is 11.0. The molecule has 0 unspecified atom stereocenters. The zero-order valence-corrected chi connectivity index (χ0v) is 12.0. The Hall–Kier alpha value is -1.90. The first-order valence-electron chi connectivity index (χ1n) is 6.60. The van der Waals surface area contributed by atoms with Crippen LogP contribution in [0.1, 0.15) is 36.0 Å². The molecule has 100 valence electrons. The summed E-state index contributed by atoms with van der Waals surface area (Å²) in [6.45, 7) is 7.82. The molecule has 2 aromatic rings. The number of Topliss-reactive ketones (excluding diaryl/α,β-unsaturated/α-hetero) is 1. The molecule has 0 bridgehead atoms. The van der Waals surface area contributed by atoms with Crippen LogP contribution in [0.2, 0.25) is 0 Å². The van der Waals surface area contributed by atoms with Crippen molar-refractivity contribution in [3.8, 4) is 11.3 Å². The number of H-pyrrole nitrogens is 1. The number of benzene rings is 1. The lowest BCUT2D eigenvalue weighted by atomic mass is 10.0. The van der Waals surface area contributed by atoms with Gasteiger partial charge in [-0.1, -0.05) is 17.7 Å². The molecule has 0 radical (unpaired) electrons. The molecule has 1 aromatic carbocycles. The topological polar surface area (TPSA) is 45.8 Å². The first kappa shape index (κ1) is 13.5. The lowest BCUT2D eigenvalue weighted by Gasteiger charge is -2.05. The van der Waals surface area contributed by atoms with E-state index in [4.69, 9.17) is 0 Å². The summed E-state index contributed by atoms with van der Waals surface area (Å²) in [6, 6.07) is 6.39. The second-order valence-corrected chi connectivity index (χ2v) is 5.18. The molecule has 0 atom stereocenters. The molecule has 1 heterocycles. The summed E-state index contributed by atoms with van der Waals surface area (Å²) in [7, 11) is 0. The van der Waals surface area contributed by atoms with Crippen molar-refractivity contribution in [2.24, 2.45) is 0 Å². The predicted molar refractivity (Wildman–Crippen MR) is 77.2 cm³/mol. The van der Waals surface area contributed by atoms with Gasteiger partial charge >= 0.3 is 0 Å². The Bertz CT molecular complexity index is 611. The SMILES string of the molecule is CC(=O)CCc1nc(-c2cc(C)ccc2C)c(C)[nH]1. The van der Waals surface area contributed by atoms with E-state index in [0.717, 1.165) is 17.2 Å². The molecule has 0 saturated heterocycles. The Balaban J connectivity index is 2.34. The van der Waals surface area contributed by atoms with Gasteiger partial charge in [-0.15, -0.1) is 0 Å². The highest BCUT2D eigenvalue weighted by atomic mass is 16.1. The van der Waals surface area contributed by atoms with E-state index in [2.05, 4.69) is 42.0 Å². The molecule has 0 amide bonds. The molecule has 0 aliphatic heterocycles. The lowest BCUT2D eigenvalue weighted by Crippen LogP contribution is -1.95. The monoisotopic (exact) mass is 256 g/mol. The Kier molecular flexibility index (Phi) is 3.84. The van der Waals surface area contributed by atoms with Crippen molar-refractivity contribution in [1.29, 1.82) is 0 Å². The number of aromatic amines is 1. The third kappa shape index (κ3) is 3.11. The van der Waals surface area contributed by atoms with Crippen LogP contribution < -0.4 is 0 Å². The second-order valence-electron chi connectivity index (χ2n) is 5.18. The molecule has 1 N–H and O–H groups in total. The Labute approximate surface area is 114 Å². The number of carbonyl (C=O) groups excluding carboxylic acids is 1. The molecule has 3 heteroatoms. The molecule has 0 spiro atoms. The van der Waals surface area contributed by atoms with Gasteiger partial charge in [-0.2, -0.15) is 0 Å². The van der Waals surface area contributed by atoms with Crippen molar-refractivity contribution >= 4 is 5.78 Å². The van der Waals surface area contributed by atoms with E-state index in [1.165, 1.54) is 16.7 Å². The minimum atomic E-state index is 0.197. The van der Waals surface area contributed by atoms with Gasteiger partial charge in [-0.05, 0) is 39.3 Å². The van der Waals surface area contributed by atoms with Crippen molar-refractivity contribution in [3.05, 3.63) is 40.8 Å². The number of carbonyl (C=O) groups is 1. The van der Waals surface area contributed by atoms with Gasteiger partial charge in [0.2, 0.25) is 0 Å². The van der Waals surface area contributed by atoms with Gasteiger partial charge < -0.3 is 9.78 Å². The second kappa shape index (κ2) is 5.39. The van der Waals surface area contributed by atoms with Crippen LogP contribution in [0.5, 0.6) is 0 Å². The Morgan fingerprint density at radius 2 is 2.00 bits per heavy atom. The van der Waals surface area contributed by atoms with E-state index < -0.39 is 0 Å². The van der Waals surface area contributed by atoms with Gasteiger partial charge in [-0.3, -0.25) is 0 Å². The average molecular weight is 256 g/mol. The van der Waals surface area contributed by atoms with Crippen LogP contribution in [0.15, 0.2) is 18.2 Å². The van der Waals surface area contributed by atoms with E-state index in [0.29, 0.717) is 12.8 Å². The standard InChI is InChI=1S/C16H20N2O/c1-10-5-6-11(2)14(9-10)16-13(4)17-15(18-16)8-7-12(3)19/h5-6,9H,7-8H2,1-4H3,(H,17,18). The molecule has 0 aliphatic carbocycles. The number of aromatic nitrogens is 2. The van der Waals surface area contributed by atoms with Crippen molar-refractivity contribution in [2.75, 3.05) is 0 Å². The summed E-state index contributed by atoms with van der Waals surface area (Å²) in [5.41, 5.74) is 5.68. The molecular weight excluding hydrogens is 236 g/mol. The van der Waals surface area contributed by atoms with E-state index in [1.807, 2.05) is 6.92 Å². The van der Waals surface area contributed by atoms with Gasteiger partial charge in [-0.25, -0.2) is 4.98 Å². The summed E-state index contributed by atoms with van der Waals surface area (Å²) in [6.07, 6.45) is 1.22. The van der Waals surface area contributed by atoms with Crippen molar-refractivity contribution < 1.29 is 4.79 Å². The van der Waals surface area contributed by atoms with Crippen molar-refractivity contribution in [1.82, 2.24) is 9.97 Å². The summed E-state index contributed by atoms with van der Waals surface area (Å²) < 4.78 is 0. The Morgan fingerprint density at radius 1 is 1.26 bits per heavy atom. The fourth-order valence-corrected chi connectivity index (χ4v) is 2.19. The molecule has 0 fully saturated rings.